The Morgan fingerprint density at radius 2 is 1.21 bits per heavy atom. The van der Waals surface area contributed by atoms with E-state index in [1.165, 1.54) is 11.1 Å². The predicted molar refractivity (Wildman–Crippen MR) is 80.6 cm³/mol. The SMILES string of the molecule is Brc1cc(-c2ccncc2)ccc1-c1ccncc1. The standard InChI is InChI=1S/C16H11BrN2/c17-16-11-14(12-3-7-18-8-4-12)1-2-15(16)13-5-9-19-10-6-13/h1-11H. The molecule has 0 atom stereocenters. The molecule has 0 radical (unpaired) electrons. The largest absolute Gasteiger partial charge is 0.265 e. The molecule has 0 N–H and O–H groups in total. The highest BCUT2D eigenvalue weighted by Gasteiger charge is 2.05. The van der Waals surface area contributed by atoms with Crippen LogP contribution in [0.2, 0.25) is 0 Å². The van der Waals surface area contributed by atoms with E-state index >= 15 is 0 Å². The zero-order valence-electron chi connectivity index (χ0n) is 10.1. The van der Waals surface area contributed by atoms with Crippen molar-refractivity contribution in [3.8, 4) is 22.3 Å². The third kappa shape index (κ3) is 2.56. The van der Waals surface area contributed by atoms with Gasteiger partial charge in [-0.15, -0.1) is 0 Å². The number of rotatable bonds is 2. The van der Waals surface area contributed by atoms with E-state index < -0.39 is 0 Å². The van der Waals surface area contributed by atoms with Crippen LogP contribution in [0.3, 0.4) is 0 Å². The van der Waals surface area contributed by atoms with E-state index in [2.05, 4.69) is 44.1 Å². The fraction of sp³-hybridized carbons (Fsp3) is 0. The van der Waals surface area contributed by atoms with Gasteiger partial charge in [-0.2, -0.15) is 0 Å². The van der Waals surface area contributed by atoms with Gasteiger partial charge in [0.1, 0.15) is 0 Å². The lowest BCUT2D eigenvalue weighted by molar-refractivity contribution is 1.32. The first kappa shape index (κ1) is 12.1. The van der Waals surface area contributed by atoms with Gasteiger partial charge in [0, 0.05) is 29.3 Å². The Kier molecular flexibility index (Phi) is 3.38. The van der Waals surface area contributed by atoms with Gasteiger partial charge in [0.2, 0.25) is 0 Å². The molecule has 2 aromatic heterocycles. The molecule has 0 spiro atoms. The number of hydrogen-bond donors (Lipinski definition) is 0. The summed E-state index contributed by atoms with van der Waals surface area (Å²) in [4.78, 5) is 8.08. The molecule has 0 bridgehead atoms. The predicted octanol–water partition coefficient (Wildman–Crippen LogP) is 4.57. The topological polar surface area (TPSA) is 25.8 Å². The first-order valence-electron chi connectivity index (χ1n) is 5.95. The lowest BCUT2D eigenvalue weighted by atomic mass is 10.0. The van der Waals surface area contributed by atoms with E-state index in [0.717, 1.165) is 15.6 Å². The van der Waals surface area contributed by atoms with Crippen molar-refractivity contribution >= 4 is 15.9 Å². The molecule has 0 amide bonds. The molecule has 19 heavy (non-hydrogen) atoms. The highest BCUT2D eigenvalue weighted by Crippen LogP contribution is 2.31. The van der Waals surface area contributed by atoms with E-state index in [0.29, 0.717) is 0 Å². The van der Waals surface area contributed by atoms with Crippen molar-refractivity contribution < 1.29 is 0 Å². The summed E-state index contributed by atoms with van der Waals surface area (Å²) in [6.07, 6.45) is 7.22. The minimum absolute atomic E-state index is 1.08. The van der Waals surface area contributed by atoms with Gasteiger partial charge in [0.25, 0.3) is 0 Å². The molecule has 0 aliphatic carbocycles. The third-order valence-corrected chi connectivity index (χ3v) is 3.63. The first-order chi connectivity index (χ1) is 9.34. The lowest BCUT2D eigenvalue weighted by Crippen LogP contribution is -1.83. The first-order valence-corrected chi connectivity index (χ1v) is 6.74. The number of aromatic nitrogens is 2. The molecule has 3 heteroatoms. The maximum absolute atomic E-state index is 4.04. The second-order valence-corrected chi connectivity index (χ2v) is 5.02. The Balaban J connectivity index is 2.04. The van der Waals surface area contributed by atoms with Crippen LogP contribution in [0.1, 0.15) is 0 Å². The van der Waals surface area contributed by atoms with Crippen molar-refractivity contribution in [2.45, 2.75) is 0 Å². The summed E-state index contributed by atoms with van der Waals surface area (Å²) in [6.45, 7) is 0. The monoisotopic (exact) mass is 310 g/mol. The minimum atomic E-state index is 1.08. The molecule has 0 fully saturated rings. The van der Waals surface area contributed by atoms with Crippen molar-refractivity contribution in [3.05, 3.63) is 71.7 Å². The molecule has 3 aromatic rings. The average Bonchev–Trinajstić information content (AvgIpc) is 2.49. The number of hydrogen-bond acceptors (Lipinski definition) is 2. The summed E-state index contributed by atoms with van der Waals surface area (Å²) in [5, 5.41) is 0. The van der Waals surface area contributed by atoms with Gasteiger partial charge < -0.3 is 0 Å². The summed E-state index contributed by atoms with van der Waals surface area (Å²) < 4.78 is 1.08. The van der Waals surface area contributed by atoms with Crippen LogP contribution < -0.4 is 0 Å². The Labute approximate surface area is 120 Å². The van der Waals surface area contributed by atoms with Crippen LogP contribution in [0, 0.1) is 0 Å². The highest BCUT2D eigenvalue weighted by atomic mass is 79.9. The zero-order chi connectivity index (χ0) is 13.1. The molecular formula is C16H11BrN2. The fourth-order valence-electron chi connectivity index (χ4n) is 2.00. The third-order valence-electron chi connectivity index (χ3n) is 2.97. The zero-order valence-corrected chi connectivity index (χ0v) is 11.7. The van der Waals surface area contributed by atoms with Crippen molar-refractivity contribution in [2.75, 3.05) is 0 Å². The summed E-state index contributed by atoms with van der Waals surface area (Å²) in [5.74, 6) is 0. The molecular weight excluding hydrogens is 300 g/mol. The van der Waals surface area contributed by atoms with E-state index in [1.54, 1.807) is 24.8 Å². The Hall–Kier alpha value is -2.00. The fourth-order valence-corrected chi connectivity index (χ4v) is 2.61. The van der Waals surface area contributed by atoms with Crippen molar-refractivity contribution in [2.24, 2.45) is 0 Å². The van der Waals surface area contributed by atoms with Crippen molar-refractivity contribution in [3.63, 3.8) is 0 Å². The van der Waals surface area contributed by atoms with Crippen molar-refractivity contribution in [1.82, 2.24) is 9.97 Å². The summed E-state index contributed by atoms with van der Waals surface area (Å²) in [5.41, 5.74) is 4.66. The second-order valence-electron chi connectivity index (χ2n) is 4.17. The van der Waals surface area contributed by atoms with Crippen LogP contribution in [0.25, 0.3) is 22.3 Å². The molecule has 92 valence electrons. The van der Waals surface area contributed by atoms with E-state index in [1.807, 2.05) is 24.3 Å². The van der Waals surface area contributed by atoms with Crippen LogP contribution in [0.4, 0.5) is 0 Å². The molecule has 0 saturated carbocycles. The van der Waals surface area contributed by atoms with E-state index in [9.17, 15) is 0 Å². The highest BCUT2D eigenvalue weighted by molar-refractivity contribution is 9.10. The van der Waals surface area contributed by atoms with E-state index in [-0.39, 0.29) is 0 Å². The van der Waals surface area contributed by atoms with Gasteiger partial charge >= 0.3 is 0 Å². The number of nitrogens with zero attached hydrogens (tertiary/aromatic N) is 2. The summed E-state index contributed by atoms with van der Waals surface area (Å²) >= 11 is 3.65. The average molecular weight is 311 g/mol. The number of pyridine rings is 2. The van der Waals surface area contributed by atoms with Gasteiger partial charge in [-0.3, -0.25) is 9.97 Å². The Bertz CT molecular complexity index is 682. The van der Waals surface area contributed by atoms with Crippen LogP contribution in [0.15, 0.2) is 71.7 Å². The normalized spacial score (nSPS) is 10.4. The van der Waals surface area contributed by atoms with Crippen LogP contribution in [-0.4, -0.2) is 9.97 Å². The lowest BCUT2D eigenvalue weighted by Gasteiger charge is -2.07. The molecule has 0 saturated heterocycles. The molecule has 2 nitrogen and oxygen atoms in total. The van der Waals surface area contributed by atoms with Crippen LogP contribution >= 0.6 is 15.9 Å². The maximum Gasteiger partial charge on any atom is 0.0273 e. The molecule has 2 heterocycles. The van der Waals surface area contributed by atoms with Gasteiger partial charge in [-0.1, -0.05) is 28.1 Å². The van der Waals surface area contributed by atoms with Gasteiger partial charge in [0.05, 0.1) is 0 Å². The van der Waals surface area contributed by atoms with Gasteiger partial charge in [-0.25, -0.2) is 0 Å². The minimum Gasteiger partial charge on any atom is -0.265 e. The Morgan fingerprint density at radius 1 is 0.632 bits per heavy atom. The van der Waals surface area contributed by atoms with Crippen LogP contribution in [-0.2, 0) is 0 Å². The Morgan fingerprint density at radius 3 is 1.79 bits per heavy atom. The second kappa shape index (κ2) is 5.33. The molecule has 1 aromatic carbocycles. The molecule has 0 aliphatic heterocycles. The number of benzene rings is 1. The number of halogens is 1. The molecule has 0 unspecified atom stereocenters. The quantitative estimate of drug-likeness (QED) is 0.692. The van der Waals surface area contributed by atoms with Crippen LogP contribution in [0.5, 0.6) is 0 Å². The van der Waals surface area contributed by atoms with Crippen molar-refractivity contribution in [1.29, 1.82) is 0 Å². The van der Waals surface area contributed by atoms with Gasteiger partial charge in [0.15, 0.2) is 0 Å². The molecule has 3 rings (SSSR count). The maximum atomic E-state index is 4.04. The van der Waals surface area contributed by atoms with Gasteiger partial charge in [-0.05, 0) is 52.6 Å². The van der Waals surface area contributed by atoms with E-state index in [4.69, 9.17) is 0 Å². The molecule has 0 aliphatic rings. The summed E-state index contributed by atoms with van der Waals surface area (Å²) in [6, 6.07) is 14.4. The summed E-state index contributed by atoms with van der Waals surface area (Å²) in [7, 11) is 0. The smallest absolute Gasteiger partial charge is 0.0273 e.